The highest BCUT2D eigenvalue weighted by Crippen LogP contribution is 2.26. The largest absolute Gasteiger partial charge is 0.492 e. The lowest BCUT2D eigenvalue weighted by molar-refractivity contribution is -0.126. The van der Waals surface area contributed by atoms with E-state index in [0.717, 1.165) is 34.2 Å². The number of para-hydroxylation sites is 1. The van der Waals surface area contributed by atoms with Crippen molar-refractivity contribution in [1.29, 1.82) is 0 Å². The summed E-state index contributed by atoms with van der Waals surface area (Å²) in [5.41, 5.74) is 1.10. The Balaban J connectivity index is 1.50. The lowest BCUT2D eigenvalue weighted by atomic mass is 9.96. The van der Waals surface area contributed by atoms with E-state index in [1.807, 2.05) is 31.2 Å². The normalized spacial score (nSPS) is 16.9. The quantitative estimate of drug-likeness (QED) is 0.935. The van der Waals surface area contributed by atoms with Gasteiger partial charge in [0.2, 0.25) is 5.91 Å². The molecule has 0 spiro atoms. The van der Waals surface area contributed by atoms with Gasteiger partial charge in [0, 0.05) is 13.0 Å². The molecule has 21 heavy (non-hydrogen) atoms. The average Bonchev–Trinajstić information content (AvgIpc) is 2.92. The zero-order valence-corrected chi connectivity index (χ0v) is 12.7. The van der Waals surface area contributed by atoms with E-state index in [2.05, 4.69) is 15.5 Å². The maximum absolute atomic E-state index is 12.2. The highest BCUT2D eigenvalue weighted by Gasteiger charge is 2.25. The maximum Gasteiger partial charge on any atom is 0.226 e. The third kappa shape index (κ3) is 3.39. The van der Waals surface area contributed by atoms with E-state index in [0.29, 0.717) is 13.2 Å². The van der Waals surface area contributed by atoms with E-state index in [1.165, 1.54) is 0 Å². The first-order chi connectivity index (χ1) is 10.2. The molecule has 1 amide bonds. The average molecular weight is 303 g/mol. The summed E-state index contributed by atoms with van der Waals surface area (Å²) in [4.78, 5) is 12.2. The molecule has 2 aromatic rings. The lowest BCUT2D eigenvalue weighted by Gasteiger charge is -2.24. The predicted molar refractivity (Wildman–Crippen MR) is 80.5 cm³/mol. The second-order valence-corrected chi connectivity index (χ2v) is 6.34. The van der Waals surface area contributed by atoms with Crippen molar-refractivity contribution < 1.29 is 9.53 Å². The number of nitrogens with one attached hydrogen (secondary N) is 1. The number of hydrogen-bond donors (Lipinski definition) is 1. The molecule has 0 saturated heterocycles. The molecule has 0 aliphatic carbocycles. The monoisotopic (exact) mass is 303 g/mol. The number of aromatic nitrogens is 2. The number of aryl methyl sites for hydroxylation is 1. The van der Waals surface area contributed by atoms with Crippen LogP contribution in [0.15, 0.2) is 24.3 Å². The van der Waals surface area contributed by atoms with Crippen LogP contribution in [-0.2, 0) is 17.6 Å². The molecule has 1 aromatic carbocycles. The van der Waals surface area contributed by atoms with Gasteiger partial charge in [-0.3, -0.25) is 4.79 Å². The number of rotatable bonds is 4. The fourth-order valence-electron chi connectivity index (χ4n) is 2.37. The fraction of sp³-hybridized carbons (Fsp3) is 0.400. The number of ether oxygens (including phenoxy) is 1. The molecule has 0 saturated carbocycles. The van der Waals surface area contributed by atoms with Crippen molar-refractivity contribution >= 4 is 17.2 Å². The van der Waals surface area contributed by atoms with Gasteiger partial charge < -0.3 is 10.1 Å². The van der Waals surface area contributed by atoms with Gasteiger partial charge in [0.05, 0.1) is 5.92 Å². The van der Waals surface area contributed by atoms with Gasteiger partial charge in [0.15, 0.2) is 0 Å². The number of amides is 1. The summed E-state index contributed by atoms with van der Waals surface area (Å²) in [7, 11) is 0. The standard InChI is InChI=1S/C15H17N3O2S/c1-10-17-18-14(21-10)6-7-16-15(19)12-8-11-4-2-3-5-13(11)20-9-12/h2-5,12H,6-9H2,1H3,(H,16,19)/t12-/m0/s1. The summed E-state index contributed by atoms with van der Waals surface area (Å²) < 4.78 is 5.64. The van der Waals surface area contributed by atoms with E-state index in [-0.39, 0.29) is 11.8 Å². The molecule has 1 aromatic heterocycles. The summed E-state index contributed by atoms with van der Waals surface area (Å²) in [5, 5.41) is 12.9. The molecule has 5 nitrogen and oxygen atoms in total. The molecule has 1 atom stereocenters. The summed E-state index contributed by atoms with van der Waals surface area (Å²) in [6.45, 7) is 2.96. The Kier molecular flexibility index (Phi) is 4.15. The lowest BCUT2D eigenvalue weighted by Crippen LogP contribution is -2.38. The molecule has 1 aliphatic rings. The second-order valence-electron chi connectivity index (χ2n) is 5.08. The minimum absolute atomic E-state index is 0.0470. The van der Waals surface area contributed by atoms with Crippen molar-refractivity contribution in [3.63, 3.8) is 0 Å². The van der Waals surface area contributed by atoms with Crippen molar-refractivity contribution in [2.45, 2.75) is 19.8 Å². The Labute approximate surface area is 127 Å². The first-order valence-corrected chi connectivity index (χ1v) is 7.81. The fourth-order valence-corrected chi connectivity index (χ4v) is 3.08. The molecule has 1 N–H and O–H groups in total. The third-order valence-corrected chi connectivity index (χ3v) is 4.35. The number of carbonyl (C=O) groups is 1. The van der Waals surface area contributed by atoms with Gasteiger partial charge in [-0.25, -0.2) is 0 Å². The van der Waals surface area contributed by atoms with Crippen LogP contribution in [-0.4, -0.2) is 29.3 Å². The van der Waals surface area contributed by atoms with E-state index < -0.39 is 0 Å². The Bertz CT molecular complexity index is 641. The molecule has 3 rings (SSSR count). The number of benzene rings is 1. The summed E-state index contributed by atoms with van der Waals surface area (Å²) in [6, 6.07) is 7.88. The van der Waals surface area contributed by atoms with Gasteiger partial charge in [-0.2, -0.15) is 0 Å². The van der Waals surface area contributed by atoms with Crippen LogP contribution < -0.4 is 10.1 Å². The molecule has 110 valence electrons. The summed E-state index contributed by atoms with van der Waals surface area (Å²) in [6.07, 6.45) is 1.46. The minimum Gasteiger partial charge on any atom is -0.492 e. The van der Waals surface area contributed by atoms with Crippen LogP contribution in [0.3, 0.4) is 0 Å². The van der Waals surface area contributed by atoms with Gasteiger partial charge in [0.1, 0.15) is 22.4 Å². The van der Waals surface area contributed by atoms with Crippen LogP contribution in [0.2, 0.25) is 0 Å². The smallest absolute Gasteiger partial charge is 0.226 e. The number of fused-ring (bicyclic) bond motifs is 1. The Morgan fingerprint density at radius 2 is 2.29 bits per heavy atom. The summed E-state index contributed by atoms with van der Waals surface area (Å²) >= 11 is 1.57. The molecule has 0 fully saturated rings. The molecular weight excluding hydrogens is 286 g/mol. The van der Waals surface area contributed by atoms with Crippen LogP contribution in [0, 0.1) is 12.8 Å². The van der Waals surface area contributed by atoms with Crippen molar-refractivity contribution in [3.05, 3.63) is 39.8 Å². The van der Waals surface area contributed by atoms with E-state index in [1.54, 1.807) is 11.3 Å². The van der Waals surface area contributed by atoms with Crippen LogP contribution in [0.1, 0.15) is 15.6 Å². The van der Waals surface area contributed by atoms with E-state index in [4.69, 9.17) is 4.74 Å². The molecule has 2 heterocycles. The Morgan fingerprint density at radius 3 is 3.10 bits per heavy atom. The van der Waals surface area contributed by atoms with E-state index >= 15 is 0 Å². The molecule has 0 bridgehead atoms. The predicted octanol–water partition coefficient (Wildman–Crippen LogP) is 1.76. The van der Waals surface area contributed by atoms with Gasteiger partial charge in [0.25, 0.3) is 0 Å². The highest BCUT2D eigenvalue weighted by molar-refractivity contribution is 7.11. The number of nitrogens with zero attached hydrogens (tertiary/aromatic N) is 2. The minimum atomic E-state index is -0.115. The van der Waals surface area contributed by atoms with Crippen molar-refractivity contribution in [3.8, 4) is 5.75 Å². The van der Waals surface area contributed by atoms with E-state index in [9.17, 15) is 4.79 Å². The Morgan fingerprint density at radius 1 is 1.43 bits per heavy atom. The molecular formula is C15H17N3O2S. The molecule has 6 heteroatoms. The first kappa shape index (κ1) is 14.0. The zero-order valence-electron chi connectivity index (χ0n) is 11.8. The second kappa shape index (κ2) is 6.22. The van der Waals surface area contributed by atoms with Crippen LogP contribution >= 0.6 is 11.3 Å². The van der Waals surface area contributed by atoms with Crippen molar-refractivity contribution in [1.82, 2.24) is 15.5 Å². The highest BCUT2D eigenvalue weighted by atomic mass is 32.1. The maximum atomic E-state index is 12.2. The van der Waals surface area contributed by atoms with Gasteiger partial charge >= 0.3 is 0 Å². The topological polar surface area (TPSA) is 64.1 Å². The van der Waals surface area contributed by atoms with Crippen molar-refractivity contribution in [2.24, 2.45) is 5.92 Å². The number of hydrogen-bond acceptors (Lipinski definition) is 5. The third-order valence-electron chi connectivity index (χ3n) is 3.46. The number of carbonyl (C=O) groups excluding carboxylic acids is 1. The Hall–Kier alpha value is -1.95. The van der Waals surface area contributed by atoms with Crippen LogP contribution in [0.4, 0.5) is 0 Å². The zero-order chi connectivity index (χ0) is 14.7. The molecule has 0 unspecified atom stereocenters. The van der Waals surface area contributed by atoms with Gasteiger partial charge in [-0.15, -0.1) is 21.5 Å². The van der Waals surface area contributed by atoms with Crippen LogP contribution in [0.5, 0.6) is 5.75 Å². The SMILES string of the molecule is Cc1nnc(CCNC(=O)[C@@H]2COc3ccccc3C2)s1. The first-order valence-electron chi connectivity index (χ1n) is 7.00. The molecule has 0 radical (unpaired) electrons. The van der Waals surface area contributed by atoms with Crippen LogP contribution in [0.25, 0.3) is 0 Å². The van der Waals surface area contributed by atoms with Gasteiger partial charge in [-0.1, -0.05) is 18.2 Å². The van der Waals surface area contributed by atoms with Crippen molar-refractivity contribution in [2.75, 3.05) is 13.2 Å². The summed E-state index contributed by atoms with van der Waals surface area (Å²) in [5.74, 6) is 0.827. The van der Waals surface area contributed by atoms with Gasteiger partial charge in [-0.05, 0) is 25.0 Å². The molecule has 1 aliphatic heterocycles.